The molecule has 2 fully saturated rings. The molecule has 1 spiro atoms. The topological polar surface area (TPSA) is 26.3 Å². The third-order valence-electron chi connectivity index (χ3n) is 5.05. The van der Waals surface area contributed by atoms with E-state index in [1.807, 2.05) is 0 Å². The van der Waals surface area contributed by atoms with Crippen molar-refractivity contribution in [1.29, 1.82) is 0 Å². The van der Waals surface area contributed by atoms with Crippen molar-refractivity contribution in [2.75, 3.05) is 6.61 Å². The Balaban J connectivity index is 1.99. The van der Waals surface area contributed by atoms with Crippen molar-refractivity contribution in [2.24, 2.45) is 11.8 Å². The summed E-state index contributed by atoms with van der Waals surface area (Å²) in [5, 5.41) is 0. The molecule has 0 bridgehead atoms. The molecule has 0 aromatic heterocycles. The van der Waals surface area contributed by atoms with Gasteiger partial charge in [-0.25, -0.2) is 0 Å². The molecule has 18 heavy (non-hydrogen) atoms. The van der Waals surface area contributed by atoms with Gasteiger partial charge in [-0.1, -0.05) is 33.1 Å². The maximum atomic E-state index is 12.5. The Kier molecular flexibility index (Phi) is 4.83. The van der Waals surface area contributed by atoms with Crippen LogP contribution in [0.1, 0.15) is 71.6 Å². The summed E-state index contributed by atoms with van der Waals surface area (Å²) in [6.07, 6.45) is 10.2. The summed E-state index contributed by atoms with van der Waals surface area (Å²) >= 11 is 0. The third kappa shape index (κ3) is 2.96. The summed E-state index contributed by atoms with van der Waals surface area (Å²) in [6, 6.07) is 0. The summed E-state index contributed by atoms with van der Waals surface area (Å²) in [7, 11) is 0. The van der Waals surface area contributed by atoms with E-state index in [4.69, 9.17) is 4.74 Å². The van der Waals surface area contributed by atoms with Crippen molar-refractivity contribution in [3.05, 3.63) is 0 Å². The highest BCUT2D eigenvalue weighted by Crippen LogP contribution is 2.41. The summed E-state index contributed by atoms with van der Waals surface area (Å²) in [5.74, 6) is 1.09. The number of Topliss-reactive ketones (excluding diaryl/α,β-unsaturated/α-hetero) is 1. The molecular formula is C16H28O2. The Morgan fingerprint density at radius 3 is 2.50 bits per heavy atom. The van der Waals surface area contributed by atoms with Crippen LogP contribution in [-0.4, -0.2) is 18.0 Å². The van der Waals surface area contributed by atoms with Gasteiger partial charge in [-0.2, -0.15) is 0 Å². The van der Waals surface area contributed by atoms with E-state index in [2.05, 4.69) is 13.8 Å². The first-order valence-corrected chi connectivity index (χ1v) is 7.88. The Bertz CT molecular complexity index is 269. The molecule has 104 valence electrons. The number of ketones is 1. The molecule has 1 aliphatic carbocycles. The first-order valence-electron chi connectivity index (χ1n) is 7.88. The Hall–Kier alpha value is -0.370. The molecule has 2 rings (SSSR count). The molecular weight excluding hydrogens is 224 g/mol. The van der Waals surface area contributed by atoms with E-state index in [9.17, 15) is 4.79 Å². The standard InChI is InChI=1S/C16H28O2/c1-3-13(4-2)15(17)14-8-11-18-16(12-14)9-6-5-7-10-16/h13-14H,3-12H2,1-2H3. The van der Waals surface area contributed by atoms with Crippen LogP contribution in [0.2, 0.25) is 0 Å². The van der Waals surface area contributed by atoms with Crippen molar-refractivity contribution in [1.82, 2.24) is 0 Å². The van der Waals surface area contributed by atoms with Gasteiger partial charge >= 0.3 is 0 Å². The second-order valence-corrected chi connectivity index (χ2v) is 6.20. The van der Waals surface area contributed by atoms with Crippen molar-refractivity contribution < 1.29 is 9.53 Å². The van der Waals surface area contributed by atoms with Crippen molar-refractivity contribution in [3.63, 3.8) is 0 Å². The highest BCUT2D eigenvalue weighted by Gasteiger charge is 2.41. The van der Waals surface area contributed by atoms with Crippen molar-refractivity contribution in [2.45, 2.75) is 77.2 Å². The molecule has 1 saturated carbocycles. The van der Waals surface area contributed by atoms with Gasteiger partial charge in [-0.05, 0) is 38.5 Å². The van der Waals surface area contributed by atoms with Crippen LogP contribution < -0.4 is 0 Å². The van der Waals surface area contributed by atoms with Gasteiger partial charge in [-0.3, -0.25) is 4.79 Å². The molecule has 1 heterocycles. The molecule has 0 radical (unpaired) electrons. The number of carbonyl (C=O) groups excluding carboxylic acids is 1. The molecule has 0 amide bonds. The fourth-order valence-electron chi connectivity index (χ4n) is 3.84. The summed E-state index contributed by atoms with van der Waals surface area (Å²) < 4.78 is 6.08. The van der Waals surface area contributed by atoms with Crippen molar-refractivity contribution >= 4 is 5.78 Å². The maximum Gasteiger partial charge on any atom is 0.139 e. The lowest BCUT2D eigenvalue weighted by Gasteiger charge is -2.43. The summed E-state index contributed by atoms with van der Waals surface area (Å²) in [4.78, 5) is 12.5. The number of rotatable bonds is 4. The van der Waals surface area contributed by atoms with E-state index in [1.54, 1.807) is 0 Å². The van der Waals surface area contributed by atoms with Crippen molar-refractivity contribution in [3.8, 4) is 0 Å². The van der Waals surface area contributed by atoms with E-state index in [0.717, 1.165) is 32.3 Å². The normalized spacial score (nSPS) is 27.6. The summed E-state index contributed by atoms with van der Waals surface area (Å²) in [5.41, 5.74) is 0.0723. The molecule has 0 aromatic rings. The van der Waals surface area contributed by atoms with Crippen LogP contribution in [0.4, 0.5) is 0 Å². The van der Waals surface area contributed by atoms with Crippen LogP contribution in [0.5, 0.6) is 0 Å². The smallest absolute Gasteiger partial charge is 0.139 e. The zero-order chi connectivity index (χ0) is 13.0. The van der Waals surface area contributed by atoms with Crippen LogP contribution in [0.15, 0.2) is 0 Å². The largest absolute Gasteiger partial charge is 0.375 e. The van der Waals surface area contributed by atoms with Gasteiger partial charge < -0.3 is 4.74 Å². The molecule has 2 aliphatic rings. The van der Waals surface area contributed by atoms with Gasteiger partial charge in [-0.15, -0.1) is 0 Å². The van der Waals surface area contributed by atoms with E-state index >= 15 is 0 Å². The van der Waals surface area contributed by atoms with E-state index in [-0.39, 0.29) is 17.4 Å². The lowest BCUT2D eigenvalue weighted by Crippen LogP contribution is -2.44. The third-order valence-corrected chi connectivity index (χ3v) is 5.05. The predicted molar refractivity (Wildman–Crippen MR) is 73.6 cm³/mol. The zero-order valence-electron chi connectivity index (χ0n) is 12.0. The van der Waals surface area contributed by atoms with Crippen LogP contribution in [-0.2, 0) is 9.53 Å². The molecule has 1 aliphatic heterocycles. The minimum atomic E-state index is 0.0723. The molecule has 2 heteroatoms. The fourth-order valence-corrected chi connectivity index (χ4v) is 3.84. The van der Waals surface area contributed by atoms with Gasteiger partial charge in [0, 0.05) is 18.4 Å². The molecule has 1 saturated heterocycles. The SMILES string of the molecule is CCC(CC)C(=O)C1CCOC2(CCCCC2)C1. The Labute approximate surface area is 111 Å². The number of hydrogen-bond acceptors (Lipinski definition) is 2. The monoisotopic (exact) mass is 252 g/mol. The van der Waals surface area contributed by atoms with Crippen LogP contribution in [0.25, 0.3) is 0 Å². The molecule has 0 aromatic carbocycles. The molecule has 0 N–H and O–H groups in total. The van der Waals surface area contributed by atoms with Gasteiger partial charge in [0.25, 0.3) is 0 Å². The number of ether oxygens (including phenoxy) is 1. The predicted octanol–water partition coefficient (Wildman–Crippen LogP) is 4.12. The van der Waals surface area contributed by atoms with Crippen LogP contribution in [0.3, 0.4) is 0 Å². The zero-order valence-corrected chi connectivity index (χ0v) is 12.0. The Morgan fingerprint density at radius 2 is 1.89 bits per heavy atom. The summed E-state index contributed by atoms with van der Waals surface area (Å²) in [6.45, 7) is 5.08. The van der Waals surface area contributed by atoms with Gasteiger partial charge in [0.1, 0.15) is 5.78 Å². The van der Waals surface area contributed by atoms with E-state index < -0.39 is 0 Å². The van der Waals surface area contributed by atoms with E-state index in [1.165, 1.54) is 32.1 Å². The highest BCUT2D eigenvalue weighted by atomic mass is 16.5. The van der Waals surface area contributed by atoms with Crippen LogP contribution >= 0.6 is 0 Å². The second-order valence-electron chi connectivity index (χ2n) is 6.20. The quantitative estimate of drug-likeness (QED) is 0.752. The minimum Gasteiger partial charge on any atom is -0.375 e. The average Bonchev–Trinajstić information content (AvgIpc) is 2.41. The molecule has 2 nitrogen and oxygen atoms in total. The average molecular weight is 252 g/mol. The van der Waals surface area contributed by atoms with E-state index in [0.29, 0.717) is 5.78 Å². The molecule has 1 atom stereocenters. The first kappa shape index (κ1) is 14.0. The Morgan fingerprint density at radius 1 is 1.22 bits per heavy atom. The number of carbonyl (C=O) groups is 1. The maximum absolute atomic E-state index is 12.5. The lowest BCUT2D eigenvalue weighted by atomic mass is 9.73. The van der Waals surface area contributed by atoms with Gasteiger partial charge in [0.2, 0.25) is 0 Å². The first-order chi connectivity index (χ1) is 8.71. The highest BCUT2D eigenvalue weighted by molar-refractivity contribution is 5.83. The second kappa shape index (κ2) is 6.18. The van der Waals surface area contributed by atoms with Crippen LogP contribution in [0, 0.1) is 11.8 Å². The lowest BCUT2D eigenvalue weighted by molar-refractivity contribution is -0.146. The minimum absolute atomic E-state index is 0.0723. The fraction of sp³-hybridized carbons (Fsp3) is 0.938. The molecule has 1 unspecified atom stereocenters. The number of hydrogen-bond donors (Lipinski definition) is 0. The van der Waals surface area contributed by atoms with Gasteiger partial charge in [0.05, 0.1) is 5.60 Å². The van der Waals surface area contributed by atoms with Gasteiger partial charge in [0.15, 0.2) is 0 Å².